The molecule has 0 radical (unpaired) electrons. The zero-order valence-corrected chi connectivity index (χ0v) is 23.4. The molecule has 0 saturated heterocycles. The van der Waals surface area contributed by atoms with Gasteiger partial charge in [0.1, 0.15) is 11.7 Å². The van der Waals surface area contributed by atoms with Crippen molar-refractivity contribution in [1.82, 2.24) is 24.8 Å². The van der Waals surface area contributed by atoms with Crippen LogP contribution in [0.15, 0.2) is 53.1 Å². The maximum Gasteiger partial charge on any atom is 0.418 e. The van der Waals surface area contributed by atoms with Crippen molar-refractivity contribution in [2.24, 2.45) is 0 Å². The van der Waals surface area contributed by atoms with E-state index in [9.17, 15) is 32.3 Å². The molecule has 11 nitrogen and oxygen atoms in total. The largest absolute Gasteiger partial charge is 0.465 e. The molecule has 3 rings (SSSR count). The van der Waals surface area contributed by atoms with E-state index in [1.807, 2.05) is 0 Å². The third-order valence-electron chi connectivity index (χ3n) is 6.04. The number of aromatic nitrogens is 3. The van der Waals surface area contributed by atoms with Crippen molar-refractivity contribution >= 4 is 40.7 Å². The highest BCUT2D eigenvalue weighted by molar-refractivity contribution is 5.96. The molecule has 0 unspecified atom stereocenters. The molecule has 0 aromatic carbocycles. The van der Waals surface area contributed by atoms with Crippen molar-refractivity contribution in [3.05, 3.63) is 75.5 Å². The molecule has 14 heteroatoms. The number of H-pyrrole nitrogens is 1. The number of allylic oxidation sites excluding steroid dienone is 2. The van der Waals surface area contributed by atoms with Gasteiger partial charge in [0.2, 0.25) is 11.8 Å². The molecule has 224 valence electrons. The first kappa shape index (κ1) is 31.6. The van der Waals surface area contributed by atoms with Gasteiger partial charge in [-0.3, -0.25) is 19.4 Å². The molecular weight excluding hydrogens is 557 g/mol. The van der Waals surface area contributed by atoms with E-state index in [0.717, 1.165) is 6.20 Å². The normalized spacial score (nSPS) is 12.3. The summed E-state index contributed by atoms with van der Waals surface area (Å²) in [4.78, 5) is 57.1. The molecule has 3 aromatic rings. The quantitative estimate of drug-likeness (QED) is 0.261. The average Bonchev–Trinajstić information content (AvgIpc) is 3.30. The molecule has 0 aliphatic heterocycles. The van der Waals surface area contributed by atoms with E-state index in [2.05, 4.69) is 20.6 Å². The molecule has 0 saturated carbocycles. The summed E-state index contributed by atoms with van der Waals surface area (Å²) in [5, 5.41) is 13.7. The molecule has 3 amide bonds. The van der Waals surface area contributed by atoms with Gasteiger partial charge in [-0.2, -0.15) is 13.2 Å². The first-order valence-corrected chi connectivity index (χ1v) is 12.8. The van der Waals surface area contributed by atoms with Gasteiger partial charge < -0.3 is 30.2 Å². The van der Waals surface area contributed by atoms with E-state index < -0.39 is 35.3 Å². The minimum atomic E-state index is -4.62. The third-order valence-corrected chi connectivity index (χ3v) is 6.04. The number of amides is 3. The lowest BCUT2D eigenvalue weighted by atomic mass is 10.1. The number of carboxylic acid groups (broad SMARTS) is 1. The number of anilines is 1. The predicted molar refractivity (Wildman–Crippen MR) is 151 cm³/mol. The molecule has 42 heavy (non-hydrogen) atoms. The first-order chi connectivity index (χ1) is 19.7. The van der Waals surface area contributed by atoms with Crippen LogP contribution in [-0.4, -0.2) is 62.6 Å². The Labute approximate surface area is 238 Å². The van der Waals surface area contributed by atoms with Crippen LogP contribution in [0.3, 0.4) is 0 Å². The summed E-state index contributed by atoms with van der Waals surface area (Å²) in [5.41, 5.74) is -0.205. The highest BCUT2D eigenvalue weighted by Gasteiger charge is 2.34. The number of fused-ring (bicyclic) bond motifs is 1. The monoisotopic (exact) mass is 588 g/mol. The molecule has 3 heterocycles. The van der Waals surface area contributed by atoms with Crippen molar-refractivity contribution in [1.29, 1.82) is 0 Å². The number of halogens is 3. The van der Waals surface area contributed by atoms with E-state index >= 15 is 0 Å². The minimum Gasteiger partial charge on any atom is -0.465 e. The molecule has 3 aromatic heterocycles. The van der Waals surface area contributed by atoms with Gasteiger partial charge in [-0.25, -0.2) is 4.79 Å². The fourth-order valence-corrected chi connectivity index (χ4v) is 4.07. The van der Waals surface area contributed by atoms with Crippen molar-refractivity contribution < 1.29 is 32.7 Å². The Morgan fingerprint density at radius 2 is 1.95 bits per heavy atom. The van der Waals surface area contributed by atoms with Gasteiger partial charge in [0.05, 0.1) is 23.1 Å². The smallest absolute Gasteiger partial charge is 0.418 e. The zero-order valence-electron chi connectivity index (χ0n) is 23.4. The van der Waals surface area contributed by atoms with E-state index in [1.165, 1.54) is 52.1 Å². The maximum absolute atomic E-state index is 13.6. The number of nitrogens with zero attached hydrogens (tertiary/aromatic N) is 3. The van der Waals surface area contributed by atoms with Gasteiger partial charge in [-0.05, 0) is 51.0 Å². The molecule has 1 atom stereocenters. The van der Waals surface area contributed by atoms with E-state index in [-0.39, 0.29) is 47.6 Å². The van der Waals surface area contributed by atoms with Crippen molar-refractivity contribution in [3.63, 3.8) is 0 Å². The van der Waals surface area contributed by atoms with Crippen molar-refractivity contribution in [2.45, 2.75) is 45.5 Å². The lowest BCUT2D eigenvalue weighted by Crippen LogP contribution is -2.44. The lowest BCUT2D eigenvalue weighted by molar-refractivity contribution is -0.137. The Bertz CT molecular complexity index is 1600. The number of alkyl halides is 3. The molecular formula is C28H31F3N6O5. The van der Waals surface area contributed by atoms with E-state index in [1.54, 1.807) is 27.9 Å². The Kier molecular flexibility index (Phi) is 9.94. The van der Waals surface area contributed by atoms with Crippen LogP contribution in [0.2, 0.25) is 0 Å². The number of rotatable bonds is 10. The van der Waals surface area contributed by atoms with Crippen LogP contribution in [0, 0.1) is 0 Å². The number of aromatic amines is 1. The maximum atomic E-state index is 13.6. The van der Waals surface area contributed by atoms with Gasteiger partial charge in [-0.1, -0.05) is 17.7 Å². The van der Waals surface area contributed by atoms with Crippen LogP contribution in [-0.2, 0) is 22.3 Å². The number of pyridine rings is 2. The second kappa shape index (κ2) is 13.2. The number of hydrogen-bond donors (Lipinski definition) is 4. The molecule has 0 bridgehead atoms. The number of likely N-dealkylation sites (N-methyl/N-ethyl adjacent to an activating group) is 1. The van der Waals surface area contributed by atoms with Gasteiger partial charge in [0, 0.05) is 37.7 Å². The number of carbonyl (C=O) groups excluding carboxylic acids is 2. The van der Waals surface area contributed by atoms with Crippen LogP contribution in [0.1, 0.15) is 43.5 Å². The second-order valence-corrected chi connectivity index (χ2v) is 9.92. The van der Waals surface area contributed by atoms with Gasteiger partial charge in [-0.15, -0.1) is 0 Å². The topological polar surface area (TPSA) is 149 Å². The van der Waals surface area contributed by atoms with Gasteiger partial charge in [0.15, 0.2) is 0 Å². The van der Waals surface area contributed by atoms with Gasteiger partial charge in [0.25, 0.3) is 5.56 Å². The number of carbonyl (C=O) groups is 3. The molecule has 4 N–H and O–H groups in total. The van der Waals surface area contributed by atoms with Crippen LogP contribution >= 0.6 is 0 Å². The van der Waals surface area contributed by atoms with E-state index in [4.69, 9.17) is 5.11 Å². The minimum absolute atomic E-state index is 0.0202. The van der Waals surface area contributed by atoms with Crippen LogP contribution in [0.25, 0.3) is 17.1 Å². The molecule has 0 spiro atoms. The Balaban J connectivity index is 1.84. The summed E-state index contributed by atoms with van der Waals surface area (Å²) in [6.07, 6.45) is 0.598. The van der Waals surface area contributed by atoms with Crippen molar-refractivity contribution in [3.8, 4) is 0 Å². The standard InChI is InChI=1S/C28H31F3N6O5/c1-16(2)12-18-19(28(29,30)31)14-32-22-13-17(33-24(18)22)15-37-11-7-9-21(26(37)40)34-25(39)20(35-27(41)42)8-5-6-10-23(38)36(3)4/h6-7,9-14,20,33,35H,5,8,15H2,1-4H3,(H,34,39)(H,41,42)/b10-6+/t20-/m0/s1. The SMILES string of the molecule is CC(C)=Cc1c(C(F)(F)F)cnc2cc(Cn3cccc(NC(=O)[C@H](CC/C=C/C(=O)N(C)C)NC(=O)O)c3=O)[nH]c12. The van der Waals surface area contributed by atoms with Crippen LogP contribution < -0.4 is 16.2 Å². The summed E-state index contributed by atoms with van der Waals surface area (Å²) in [6, 6.07) is 3.16. The second-order valence-electron chi connectivity index (χ2n) is 9.92. The molecule has 0 fully saturated rings. The van der Waals surface area contributed by atoms with E-state index in [0.29, 0.717) is 11.3 Å². The van der Waals surface area contributed by atoms with Crippen molar-refractivity contribution in [2.75, 3.05) is 19.4 Å². The fraction of sp³-hybridized carbons (Fsp3) is 0.321. The lowest BCUT2D eigenvalue weighted by Gasteiger charge is -2.16. The van der Waals surface area contributed by atoms with Crippen LogP contribution in [0.5, 0.6) is 0 Å². The predicted octanol–water partition coefficient (Wildman–Crippen LogP) is 4.21. The summed E-state index contributed by atoms with van der Waals surface area (Å²) < 4.78 is 42.1. The molecule has 0 aliphatic carbocycles. The van der Waals surface area contributed by atoms with Crippen LogP contribution in [0.4, 0.5) is 23.7 Å². The number of hydrogen-bond acceptors (Lipinski definition) is 5. The highest BCUT2D eigenvalue weighted by atomic mass is 19.4. The Hall–Kier alpha value is -4.88. The molecule has 0 aliphatic rings. The third kappa shape index (κ3) is 8.08. The van der Waals surface area contributed by atoms with Gasteiger partial charge >= 0.3 is 12.3 Å². The fourth-order valence-electron chi connectivity index (χ4n) is 4.07. The zero-order chi connectivity index (χ0) is 31.2. The average molecular weight is 589 g/mol. The summed E-state index contributed by atoms with van der Waals surface area (Å²) in [5.74, 6) is -1.05. The summed E-state index contributed by atoms with van der Waals surface area (Å²) >= 11 is 0. The Morgan fingerprint density at radius 3 is 2.57 bits per heavy atom. The number of nitrogens with one attached hydrogen (secondary N) is 3. The first-order valence-electron chi connectivity index (χ1n) is 12.8. The Morgan fingerprint density at radius 1 is 1.24 bits per heavy atom. The summed E-state index contributed by atoms with van der Waals surface area (Å²) in [6.45, 7) is 3.28. The highest BCUT2D eigenvalue weighted by Crippen LogP contribution is 2.35. The summed E-state index contributed by atoms with van der Waals surface area (Å²) in [7, 11) is 3.14.